The van der Waals surface area contributed by atoms with Gasteiger partial charge in [-0.15, -0.1) is 0 Å². The number of hydrogen-bond acceptors (Lipinski definition) is 4. The summed E-state index contributed by atoms with van der Waals surface area (Å²) < 4.78 is 5.64. The van der Waals surface area contributed by atoms with Gasteiger partial charge in [0.15, 0.2) is 0 Å². The second-order valence-electron chi connectivity index (χ2n) is 7.36. The van der Waals surface area contributed by atoms with Gasteiger partial charge in [-0.05, 0) is 36.4 Å². The fourth-order valence-corrected chi connectivity index (χ4v) is 4.19. The lowest BCUT2D eigenvalue weighted by atomic mass is 9.99. The van der Waals surface area contributed by atoms with Crippen molar-refractivity contribution in [1.82, 2.24) is 5.32 Å². The van der Waals surface area contributed by atoms with Crippen LogP contribution in [0, 0.1) is 0 Å². The van der Waals surface area contributed by atoms with Crippen LogP contribution in [-0.4, -0.2) is 24.3 Å². The number of nitrogens with one attached hydrogen (secondary N) is 1. The third-order valence-electron chi connectivity index (χ3n) is 5.51. The molecule has 3 amide bonds. The molecule has 31 heavy (non-hydrogen) atoms. The van der Waals surface area contributed by atoms with Crippen LogP contribution in [0.15, 0.2) is 66.7 Å². The maximum Gasteiger partial charge on any atom is 0.266 e. The third kappa shape index (κ3) is 3.25. The zero-order chi connectivity index (χ0) is 21.5. The molecule has 154 valence electrons. The molecule has 0 aromatic heterocycles. The zero-order valence-electron chi connectivity index (χ0n) is 16.3. The Labute approximate surface area is 183 Å². The predicted octanol–water partition coefficient (Wildman–Crippen LogP) is 4.39. The highest BCUT2D eigenvalue weighted by Crippen LogP contribution is 2.34. The van der Waals surface area contributed by atoms with E-state index in [1.54, 1.807) is 30.3 Å². The summed E-state index contributed by atoms with van der Waals surface area (Å²) in [5.74, 6) is -0.525. The Morgan fingerprint density at radius 2 is 1.71 bits per heavy atom. The number of anilines is 1. The van der Waals surface area contributed by atoms with E-state index >= 15 is 0 Å². The molecule has 1 atom stereocenters. The van der Waals surface area contributed by atoms with Crippen molar-refractivity contribution >= 4 is 35.0 Å². The maximum absolute atomic E-state index is 13.0. The number of imide groups is 1. The first-order chi connectivity index (χ1) is 15.0. The van der Waals surface area contributed by atoms with E-state index in [1.807, 2.05) is 24.3 Å². The van der Waals surface area contributed by atoms with E-state index in [0.717, 1.165) is 16.2 Å². The molecule has 7 heteroatoms. The number of hydrogen-bond donors (Lipinski definition) is 1. The molecule has 1 N–H and O–H groups in total. The Balaban J connectivity index is 1.42. The average molecular weight is 433 g/mol. The number of carbonyl (C=O) groups is 3. The van der Waals surface area contributed by atoms with Crippen LogP contribution in [-0.2, 0) is 0 Å². The lowest BCUT2D eigenvalue weighted by molar-refractivity contribution is 0.0916. The number of para-hydroxylation sites is 2. The molecule has 0 spiro atoms. The van der Waals surface area contributed by atoms with Gasteiger partial charge in [0.25, 0.3) is 17.7 Å². The van der Waals surface area contributed by atoms with Gasteiger partial charge in [0.2, 0.25) is 0 Å². The van der Waals surface area contributed by atoms with E-state index in [9.17, 15) is 14.4 Å². The second kappa shape index (κ2) is 7.56. The SMILES string of the molecule is O=C(NC1CCOc2ccccc21)c1ccc2c(c1)C(=O)N(c1ccccc1Cl)C2=O. The third-order valence-corrected chi connectivity index (χ3v) is 5.83. The Kier molecular flexibility index (Phi) is 4.71. The largest absolute Gasteiger partial charge is 0.493 e. The van der Waals surface area contributed by atoms with Crippen LogP contribution in [0.5, 0.6) is 5.75 Å². The Morgan fingerprint density at radius 3 is 2.55 bits per heavy atom. The number of benzene rings is 3. The quantitative estimate of drug-likeness (QED) is 0.622. The Bertz CT molecular complexity index is 1240. The fourth-order valence-electron chi connectivity index (χ4n) is 3.97. The molecule has 2 aliphatic heterocycles. The summed E-state index contributed by atoms with van der Waals surface area (Å²) in [6.45, 7) is 0.506. The van der Waals surface area contributed by atoms with Crippen LogP contribution >= 0.6 is 11.6 Å². The normalized spacial score (nSPS) is 17.1. The van der Waals surface area contributed by atoms with Crippen LogP contribution in [0.2, 0.25) is 5.02 Å². The van der Waals surface area contributed by atoms with Gasteiger partial charge in [-0.1, -0.05) is 41.9 Å². The van der Waals surface area contributed by atoms with Crippen molar-refractivity contribution in [3.05, 3.63) is 94.0 Å². The van der Waals surface area contributed by atoms with E-state index < -0.39 is 11.8 Å². The van der Waals surface area contributed by atoms with E-state index in [0.29, 0.717) is 29.3 Å². The summed E-state index contributed by atoms with van der Waals surface area (Å²) in [5, 5.41) is 3.31. The zero-order valence-corrected chi connectivity index (χ0v) is 17.1. The fraction of sp³-hybridized carbons (Fsp3) is 0.125. The molecule has 1 unspecified atom stereocenters. The van der Waals surface area contributed by atoms with Gasteiger partial charge in [0.1, 0.15) is 5.75 Å². The van der Waals surface area contributed by atoms with Gasteiger partial charge in [-0.25, -0.2) is 4.90 Å². The minimum Gasteiger partial charge on any atom is -0.493 e. The highest BCUT2D eigenvalue weighted by molar-refractivity contribution is 6.39. The van der Waals surface area contributed by atoms with E-state index in [4.69, 9.17) is 16.3 Å². The second-order valence-corrected chi connectivity index (χ2v) is 7.77. The molecule has 0 radical (unpaired) electrons. The molecule has 2 aliphatic rings. The highest BCUT2D eigenvalue weighted by atomic mass is 35.5. The number of halogens is 1. The standard InChI is InChI=1S/C24H17ClN2O4/c25-18-6-2-3-7-20(18)27-23(29)15-10-9-14(13-17(15)24(27)30)22(28)26-19-11-12-31-21-8-4-1-5-16(19)21/h1-10,13,19H,11-12H2,(H,26,28). The maximum atomic E-state index is 13.0. The molecule has 2 heterocycles. The molecular weight excluding hydrogens is 416 g/mol. The van der Waals surface area contributed by atoms with Crippen LogP contribution < -0.4 is 15.0 Å². The number of rotatable bonds is 3. The number of carbonyl (C=O) groups excluding carboxylic acids is 3. The van der Waals surface area contributed by atoms with E-state index in [-0.39, 0.29) is 23.1 Å². The van der Waals surface area contributed by atoms with Crippen LogP contribution in [0.1, 0.15) is 49.1 Å². The van der Waals surface area contributed by atoms with Gasteiger partial charge < -0.3 is 10.1 Å². The summed E-state index contributed by atoms with van der Waals surface area (Å²) in [5.41, 5.74) is 1.98. The van der Waals surface area contributed by atoms with Gasteiger partial charge in [-0.3, -0.25) is 14.4 Å². The highest BCUT2D eigenvalue weighted by Gasteiger charge is 2.38. The van der Waals surface area contributed by atoms with Crippen molar-refractivity contribution in [3.63, 3.8) is 0 Å². The first-order valence-corrected chi connectivity index (χ1v) is 10.2. The van der Waals surface area contributed by atoms with Gasteiger partial charge in [0.05, 0.1) is 34.5 Å². The first kappa shape index (κ1) is 19.3. The molecule has 0 aliphatic carbocycles. The summed E-state index contributed by atoms with van der Waals surface area (Å²) in [7, 11) is 0. The molecule has 6 nitrogen and oxygen atoms in total. The summed E-state index contributed by atoms with van der Waals surface area (Å²) in [6.07, 6.45) is 0.644. The summed E-state index contributed by atoms with van der Waals surface area (Å²) in [4.78, 5) is 39.8. The lowest BCUT2D eigenvalue weighted by Gasteiger charge is -2.26. The first-order valence-electron chi connectivity index (χ1n) is 9.84. The molecule has 0 fully saturated rings. The van der Waals surface area contributed by atoms with Crippen LogP contribution in [0.3, 0.4) is 0 Å². The van der Waals surface area contributed by atoms with Crippen LogP contribution in [0.25, 0.3) is 0 Å². The molecule has 0 bridgehead atoms. The number of fused-ring (bicyclic) bond motifs is 2. The number of nitrogens with zero attached hydrogens (tertiary/aromatic N) is 1. The average Bonchev–Trinajstić information content (AvgIpc) is 3.04. The van der Waals surface area contributed by atoms with E-state index in [2.05, 4.69) is 5.32 Å². The molecule has 0 saturated heterocycles. The minimum absolute atomic E-state index is 0.185. The van der Waals surface area contributed by atoms with Crippen molar-refractivity contribution in [1.29, 1.82) is 0 Å². The molecule has 3 aromatic rings. The molecule has 5 rings (SSSR count). The smallest absolute Gasteiger partial charge is 0.266 e. The monoisotopic (exact) mass is 432 g/mol. The molecular formula is C24H17ClN2O4. The number of amides is 3. The van der Waals surface area contributed by atoms with Crippen molar-refractivity contribution in [2.75, 3.05) is 11.5 Å². The molecule has 0 saturated carbocycles. The van der Waals surface area contributed by atoms with Gasteiger partial charge >= 0.3 is 0 Å². The Hall–Kier alpha value is -3.64. The predicted molar refractivity (Wildman–Crippen MR) is 116 cm³/mol. The van der Waals surface area contributed by atoms with Crippen molar-refractivity contribution in [2.24, 2.45) is 0 Å². The summed E-state index contributed by atoms with van der Waals surface area (Å²) in [6, 6.07) is 18.6. The summed E-state index contributed by atoms with van der Waals surface area (Å²) >= 11 is 6.19. The lowest BCUT2D eigenvalue weighted by Crippen LogP contribution is -2.32. The van der Waals surface area contributed by atoms with Gasteiger partial charge in [0, 0.05) is 17.5 Å². The minimum atomic E-state index is -0.501. The van der Waals surface area contributed by atoms with Crippen molar-refractivity contribution in [3.8, 4) is 5.75 Å². The number of ether oxygens (including phenoxy) is 1. The van der Waals surface area contributed by atoms with Crippen LogP contribution in [0.4, 0.5) is 5.69 Å². The van der Waals surface area contributed by atoms with Crippen molar-refractivity contribution < 1.29 is 19.1 Å². The van der Waals surface area contributed by atoms with Gasteiger partial charge in [-0.2, -0.15) is 0 Å². The topological polar surface area (TPSA) is 75.7 Å². The Morgan fingerprint density at radius 1 is 0.968 bits per heavy atom. The van der Waals surface area contributed by atoms with E-state index in [1.165, 1.54) is 12.1 Å². The molecule has 3 aromatic carbocycles. The van der Waals surface area contributed by atoms with Crippen molar-refractivity contribution in [2.45, 2.75) is 12.5 Å².